The predicted octanol–water partition coefficient (Wildman–Crippen LogP) is 1.41. The van der Waals surface area contributed by atoms with E-state index < -0.39 is 5.91 Å². The number of benzene rings is 1. The van der Waals surface area contributed by atoms with Crippen molar-refractivity contribution in [3.8, 4) is 0 Å². The van der Waals surface area contributed by atoms with Crippen molar-refractivity contribution >= 4 is 23.1 Å². The summed E-state index contributed by atoms with van der Waals surface area (Å²) in [6.45, 7) is 3.86. The molecule has 0 saturated heterocycles. The van der Waals surface area contributed by atoms with Crippen LogP contribution in [0.25, 0.3) is 5.65 Å². The maximum Gasteiger partial charge on any atom is 0.248 e. The molecule has 0 spiro atoms. The third-order valence-corrected chi connectivity index (χ3v) is 4.07. The van der Waals surface area contributed by atoms with Crippen LogP contribution in [0.5, 0.6) is 0 Å². The highest BCUT2D eigenvalue weighted by molar-refractivity contribution is 5.94. The summed E-state index contributed by atoms with van der Waals surface area (Å²) in [5.41, 5.74) is 9.74. The first kappa shape index (κ1) is 16.6. The zero-order chi connectivity index (χ0) is 18.0. The number of carbonyl (C=O) groups excluding carboxylic acids is 2. The van der Waals surface area contributed by atoms with Gasteiger partial charge in [0.2, 0.25) is 11.8 Å². The molecule has 1 aromatic carbocycles. The van der Waals surface area contributed by atoms with Gasteiger partial charge in [0, 0.05) is 23.2 Å². The van der Waals surface area contributed by atoms with Gasteiger partial charge >= 0.3 is 0 Å². The van der Waals surface area contributed by atoms with E-state index in [4.69, 9.17) is 5.73 Å². The van der Waals surface area contributed by atoms with Crippen molar-refractivity contribution < 1.29 is 9.59 Å². The Morgan fingerprint density at radius 3 is 2.60 bits per heavy atom. The first-order chi connectivity index (χ1) is 12.0. The second-order valence-electron chi connectivity index (χ2n) is 5.78. The molecule has 0 radical (unpaired) electrons. The van der Waals surface area contributed by atoms with Crippen molar-refractivity contribution in [2.75, 3.05) is 5.32 Å². The Morgan fingerprint density at radius 2 is 1.92 bits per heavy atom. The Labute approximate surface area is 144 Å². The molecule has 128 valence electrons. The maximum absolute atomic E-state index is 12.2. The lowest BCUT2D eigenvalue weighted by Crippen LogP contribution is -2.14. The fourth-order valence-corrected chi connectivity index (χ4v) is 2.73. The number of nitrogens with zero attached hydrogens (tertiary/aromatic N) is 4. The van der Waals surface area contributed by atoms with Gasteiger partial charge in [-0.15, -0.1) is 10.2 Å². The summed E-state index contributed by atoms with van der Waals surface area (Å²) >= 11 is 0. The number of hydrogen-bond acceptors (Lipinski definition) is 5. The molecule has 8 heteroatoms. The van der Waals surface area contributed by atoms with Crippen molar-refractivity contribution in [2.45, 2.75) is 26.7 Å². The molecule has 0 aliphatic rings. The normalized spacial score (nSPS) is 10.8. The van der Waals surface area contributed by atoms with Crippen molar-refractivity contribution in [3.05, 3.63) is 53.0 Å². The summed E-state index contributed by atoms with van der Waals surface area (Å²) in [7, 11) is 0. The van der Waals surface area contributed by atoms with Gasteiger partial charge in [0.1, 0.15) is 6.33 Å². The van der Waals surface area contributed by atoms with Crippen LogP contribution >= 0.6 is 0 Å². The molecule has 25 heavy (non-hydrogen) atoms. The van der Waals surface area contributed by atoms with Gasteiger partial charge < -0.3 is 11.1 Å². The highest BCUT2D eigenvalue weighted by atomic mass is 16.2. The number of aryl methyl sites for hydroxylation is 2. The van der Waals surface area contributed by atoms with Crippen molar-refractivity contribution in [1.29, 1.82) is 0 Å². The number of fused-ring (bicyclic) bond motifs is 1. The molecule has 0 aliphatic carbocycles. The zero-order valence-electron chi connectivity index (χ0n) is 14.0. The molecule has 8 nitrogen and oxygen atoms in total. The first-order valence-electron chi connectivity index (χ1n) is 7.81. The van der Waals surface area contributed by atoms with E-state index in [9.17, 15) is 9.59 Å². The van der Waals surface area contributed by atoms with Crippen LogP contribution in [-0.2, 0) is 11.2 Å². The summed E-state index contributed by atoms with van der Waals surface area (Å²) in [5, 5.41) is 15.1. The van der Waals surface area contributed by atoms with E-state index in [0.717, 1.165) is 16.8 Å². The Balaban J connectivity index is 1.67. The molecule has 3 N–H and O–H groups in total. The highest BCUT2D eigenvalue weighted by Gasteiger charge is 2.13. The average molecular weight is 338 g/mol. The molecular formula is C17H18N6O2. The number of aromatic nitrogens is 4. The Kier molecular flexibility index (Phi) is 4.42. The molecule has 0 fully saturated rings. The third kappa shape index (κ3) is 3.47. The van der Waals surface area contributed by atoms with Gasteiger partial charge in [0.15, 0.2) is 5.65 Å². The summed E-state index contributed by atoms with van der Waals surface area (Å²) in [6, 6.07) is 6.46. The SMILES string of the molecule is Cc1nn2cnnc2c(C)c1CCC(=O)Nc1ccc(C(N)=O)cc1. The van der Waals surface area contributed by atoms with Crippen LogP contribution in [0.15, 0.2) is 30.6 Å². The molecule has 0 aliphatic heterocycles. The number of amides is 2. The minimum atomic E-state index is -0.500. The lowest BCUT2D eigenvalue weighted by atomic mass is 10.0. The summed E-state index contributed by atoms with van der Waals surface area (Å²) in [6.07, 6.45) is 2.42. The average Bonchev–Trinajstić information content (AvgIpc) is 3.03. The van der Waals surface area contributed by atoms with E-state index in [0.29, 0.717) is 29.7 Å². The van der Waals surface area contributed by atoms with Crippen LogP contribution in [0.1, 0.15) is 33.6 Å². The van der Waals surface area contributed by atoms with Crippen molar-refractivity contribution in [3.63, 3.8) is 0 Å². The second-order valence-corrected chi connectivity index (χ2v) is 5.78. The third-order valence-electron chi connectivity index (χ3n) is 4.07. The van der Waals surface area contributed by atoms with E-state index in [1.54, 1.807) is 35.1 Å². The fourth-order valence-electron chi connectivity index (χ4n) is 2.73. The fraction of sp³-hybridized carbons (Fsp3) is 0.235. The van der Waals surface area contributed by atoms with Gasteiger partial charge in [-0.2, -0.15) is 5.10 Å². The molecule has 2 amide bonds. The summed E-state index contributed by atoms with van der Waals surface area (Å²) in [4.78, 5) is 23.2. The maximum atomic E-state index is 12.2. The van der Waals surface area contributed by atoms with Crippen LogP contribution < -0.4 is 11.1 Å². The lowest BCUT2D eigenvalue weighted by molar-refractivity contribution is -0.116. The highest BCUT2D eigenvalue weighted by Crippen LogP contribution is 2.18. The van der Waals surface area contributed by atoms with Gasteiger partial charge in [-0.25, -0.2) is 4.52 Å². The monoisotopic (exact) mass is 338 g/mol. The van der Waals surface area contributed by atoms with Gasteiger partial charge in [-0.1, -0.05) is 0 Å². The topological polar surface area (TPSA) is 115 Å². The first-order valence-corrected chi connectivity index (χ1v) is 7.81. The van der Waals surface area contributed by atoms with Crippen molar-refractivity contribution in [2.24, 2.45) is 5.73 Å². The van der Waals surface area contributed by atoms with Crippen LogP contribution in [0, 0.1) is 13.8 Å². The largest absolute Gasteiger partial charge is 0.366 e. The van der Waals surface area contributed by atoms with Crippen LogP contribution in [0.3, 0.4) is 0 Å². The molecule has 3 rings (SSSR count). The van der Waals surface area contributed by atoms with E-state index in [2.05, 4.69) is 20.6 Å². The predicted molar refractivity (Wildman–Crippen MR) is 92.2 cm³/mol. The molecule has 0 unspecified atom stereocenters. The van der Waals surface area contributed by atoms with E-state index in [-0.39, 0.29) is 5.91 Å². The number of hydrogen-bond donors (Lipinski definition) is 2. The second kappa shape index (κ2) is 6.68. The van der Waals surface area contributed by atoms with Gasteiger partial charge in [-0.05, 0) is 50.1 Å². The molecule has 3 aromatic rings. The quantitative estimate of drug-likeness (QED) is 0.730. The Morgan fingerprint density at radius 1 is 1.20 bits per heavy atom. The number of rotatable bonds is 5. The molecule has 2 aromatic heterocycles. The molecule has 0 atom stereocenters. The lowest BCUT2D eigenvalue weighted by Gasteiger charge is -2.10. The zero-order valence-corrected chi connectivity index (χ0v) is 14.0. The number of primary amides is 1. The summed E-state index contributed by atoms with van der Waals surface area (Å²) < 4.78 is 1.63. The van der Waals surface area contributed by atoms with Gasteiger partial charge in [0.25, 0.3) is 0 Å². The smallest absolute Gasteiger partial charge is 0.248 e. The minimum Gasteiger partial charge on any atom is -0.366 e. The molecule has 2 heterocycles. The minimum absolute atomic E-state index is 0.119. The van der Waals surface area contributed by atoms with Gasteiger partial charge in [0.05, 0.1) is 5.69 Å². The van der Waals surface area contributed by atoms with Crippen LogP contribution in [0.2, 0.25) is 0 Å². The van der Waals surface area contributed by atoms with Gasteiger partial charge in [-0.3, -0.25) is 9.59 Å². The summed E-state index contributed by atoms with van der Waals surface area (Å²) in [5.74, 6) is -0.618. The number of nitrogens with one attached hydrogen (secondary N) is 1. The van der Waals surface area contributed by atoms with Crippen LogP contribution in [0.4, 0.5) is 5.69 Å². The standard InChI is InChI=1S/C17H18N6O2/c1-10-14(11(2)22-23-9-19-21-17(10)23)7-8-15(24)20-13-5-3-12(4-6-13)16(18)25/h3-6,9H,7-8H2,1-2H3,(H2,18,25)(H,20,24). The Hall–Kier alpha value is -3.29. The molecule has 0 bridgehead atoms. The van der Waals surface area contributed by atoms with E-state index in [1.165, 1.54) is 0 Å². The molecular weight excluding hydrogens is 320 g/mol. The Bertz CT molecular complexity index is 946. The number of anilines is 1. The number of nitrogens with two attached hydrogens (primary N) is 1. The van der Waals surface area contributed by atoms with Crippen molar-refractivity contribution in [1.82, 2.24) is 19.8 Å². The number of carbonyl (C=O) groups is 2. The van der Waals surface area contributed by atoms with E-state index in [1.807, 2.05) is 13.8 Å². The molecule has 0 saturated carbocycles. The van der Waals surface area contributed by atoms with Crippen LogP contribution in [-0.4, -0.2) is 31.6 Å². The van der Waals surface area contributed by atoms with E-state index >= 15 is 0 Å².